The molecule has 0 aliphatic rings. The number of aliphatic imine (C=N–C) groups is 1. The Morgan fingerprint density at radius 2 is 2.20 bits per heavy atom. The van der Waals surface area contributed by atoms with Crippen molar-refractivity contribution >= 4 is 18.1 Å². The second-order valence-electron chi connectivity index (χ2n) is 3.84. The first-order valence-corrected chi connectivity index (χ1v) is 6.35. The van der Waals surface area contributed by atoms with E-state index in [2.05, 4.69) is 22.1 Å². The molecule has 0 fully saturated rings. The number of hydrazone groups is 1. The molecule has 5 heteroatoms. The SMILES string of the molecule is C=CCN/N=C\C/C=C/N=C(/C=C/C)C(C=N)=C(C)N. The second-order valence-corrected chi connectivity index (χ2v) is 3.84. The van der Waals surface area contributed by atoms with Crippen LogP contribution in [0.3, 0.4) is 0 Å². The van der Waals surface area contributed by atoms with Crippen LogP contribution in [0.25, 0.3) is 0 Å². The Morgan fingerprint density at radius 1 is 1.45 bits per heavy atom. The Balaban J connectivity index is 4.64. The van der Waals surface area contributed by atoms with E-state index in [1.54, 1.807) is 25.4 Å². The Morgan fingerprint density at radius 3 is 2.75 bits per heavy atom. The summed E-state index contributed by atoms with van der Waals surface area (Å²) in [4.78, 5) is 4.30. The molecule has 0 aromatic carbocycles. The topological polar surface area (TPSA) is 86.6 Å². The van der Waals surface area contributed by atoms with Crippen LogP contribution in [0.15, 0.2) is 58.4 Å². The molecule has 0 aromatic rings. The van der Waals surface area contributed by atoms with Gasteiger partial charge in [0, 0.05) is 36.3 Å². The highest BCUT2D eigenvalue weighted by atomic mass is 15.3. The quantitative estimate of drug-likeness (QED) is 0.261. The van der Waals surface area contributed by atoms with Crippen LogP contribution in [0.2, 0.25) is 0 Å². The lowest BCUT2D eigenvalue weighted by molar-refractivity contribution is 0.829. The fraction of sp³-hybridized carbons (Fsp3) is 0.267. The standard InChI is InChI=1S/C15H23N5/c1-4-8-15(14(12-16)13(3)17)18-10-6-7-11-20-19-9-5-2/h4-6,8,10-12,16,19H,2,7,9,17H2,1,3H3/b8-4+,10-6+,14-13?,16-12?,18-15-,20-11-. The highest BCUT2D eigenvalue weighted by Gasteiger charge is 2.02. The number of hydrogen-bond acceptors (Lipinski definition) is 5. The predicted octanol–water partition coefficient (Wildman–Crippen LogP) is 2.55. The molecule has 4 N–H and O–H groups in total. The van der Waals surface area contributed by atoms with Gasteiger partial charge in [-0.3, -0.25) is 4.99 Å². The summed E-state index contributed by atoms with van der Waals surface area (Å²) in [6.07, 6.45) is 12.6. The monoisotopic (exact) mass is 273 g/mol. The zero-order valence-electron chi connectivity index (χ0n) is 12.1. The zero-order chi connectivity index (χ0) is 15.2. The summed E-state index contributed by atoms with van der Waals surface area (Å²) >= 11 is 0. The van der Waals surface area contributed by atoms with E-state index in [0.29, 0.717) is 29.9 Å². The third-order valence-electron chi connectivity index (χ3n) is 2.15. The van der Waals surface area contributed by atoms with Gasteiger partial charge in [-0.2, -0.15) is 5.10 Å². The van der Waals surface area contributed by atoms with E-state index in [1.165, 1.54) is 6.21 Å². The molecular weight excluding hydrogens is 250 g/mol. The molecule has 0 aromatic heterocycles. The maximum absolute atomic E-state index is 7.37. The Bertz CT molecular complexity index is 449. The van der Waals surface area contributed by atoms with Crippen LogP contribution in [0.5, 0.6) is 0 Å². The summed E-state index contributed by atoms with van der Waals surface area (Å²) in [5.41, 5.74) is 10.4. The number of rotatable bonds is 9. The average Bonchev–Trinajstić information content (AvgIpc) is 2.42. The predicted molar refractivity (Wildman–Crippen MR) is 88.4 cm³/mol. The molecule has 20 heavy (non-hydrogen) atoms. The van der Waals surface area contributed by atoms with E-state index in [9.17, 15) is 0 Å². The van der Waals surface area contributed by atoms with Gasteiger partial charge in [0.25, 0.3) is 0 Å². The lowest BCUT2D eigenvalue weighted by Crippen LogP contribution is -2.08. The normalized spacial score (nSPS) is 14.0. The fourth-order valence-corrected chi connectivity index (χ4v) is 1.24. The van der Waals surface area contributed by atoms with Crippen LogP contribution < -0.4 is 11.2 Å². The highest BCUT2D eigenvalue weighted by molar-refractivity contribution is 6.21. The summed E-state index contributed by atoms with van der Waals surface area (Å²) in [7, 11) is 0. The minimum absolute atomic E-state index is 0.570. The molecule has 0 aliphatic carbocycles. The van der Waals surface area contributed by atoms with E-state index in [-0.39, 0.29) is 0 Å². The molecule has 0 radical (unpaired) electrons. The van der Waals surface area contributed by atoms with E-state index >= 15 is 0 Å². The molecule has 0 saturated carbocycles. The molecule has 0 atom stereocenters. The van der Waals surface area contributed by atoms with Gasteiger partial charge >= 0.3 is 0 Å². The van der Waals surface area contributed by atoms with Gasteiger partial charge in [0.15, 0.2) is 0 Å². The first kappa shape index (κ1) is 17.6. The second kappa shape index (κ2) is 11.6. The summed E-state index contributed by atoms with van der Waals surface area (Å²) in [6.45, 7) is 7.87. The van der Waals surface area contributed by atoms with Crippen LogP contribution in [0.4, 0.5) is 0 Å². The number of nitrogens with two attached hydrogens (primary N) is 1. The van der Waals surface area contributed by atoms with Gasteiger partial charge in [-0.1, -0.05) is 18.2 Å². The van der Waals surface area contributed by atoms with Crippen LogP contribution in [0, 0.1) is 5.41 Å². The molecule has 0 bridgehead atoms. The van der Waals surface area contributed by atoms with Crippen molar-refractivity contribution in [2.45, 2.75) is 20.3 Å². The molecule has 108 valence electrons. The molecule has 0 aliphatic heterocycles. The lowest BCUT2D eigenvalue weighted by atomic mass is 10.1. The Kier molecular flexibility index (Phi) is 10.2. The maximum atomic E-state index is 7.37. The minimum Gasteiger partial charge on any atom is -0.402 e. The maximum Gasteiger partial charge on any atom is 0.0731 e. The van der Waals surface area contributed by atoms with Crippen molar-refractivity contribution in [1.82, 2.24) is 5.43 Å². The number of nitrogens with zero attached hydrogens (tertiary/aromatic N) is 2. The minimum atomic E-state index is 0.570. The van der Waals surface area contributed by atoms with Crippen molar-refractivity contribution in [3.8, 4) is 0 Å². The number of nitrogens with one attached hydrogen (secondary N) is 2. The Labute approximate surface area is 120 Å². The van der Waals surface area contributed by atoms with Crippen LogP contribution in [-0.2, 0) is 0 Å². The summed E-state index contributed by atoms with van der Waals surface area (Å²) in [5, 5.41) is 11.3. The molecule has 0 heterocycles. The van der Waals surface area contributed by atoms with Crippen LogP contribution in [-0.4, -0.2) is 24.7 Å². The van der Waals surface area contributed by atoms with Crippen molar-refractivity contribution in [1.29, 1.82) is 5.41 Å². The van der Waals surface area contributed by atoms with Crippen LogP contribution >= 0.6 is 0 Å². The van der Waals surface area contributed by atoms with Crippen LogP contribution in [0.1, 0.15) is 20.3 Å². The molecule has 0 spiro atoms. The van der Waals surface area contributed by atoms with Gasteiger partial charge in [-0.15, -0.1) is 6.58 Å². The van der Waals surface area contributed by atoms with E-state index in [1.807, 2.05) is 25.2 Å². The van der Waals surface area contributed by atoms with E-state index < -0.39 is 0 Å². The largest absolute Gasteiger partial charge is 0.402 e. The first-order chi connectivity index (χ1) is 9.67. The summed E-state index contributed by atoms with van der Waals surface area (Å²) < 4.78 is 0. The van der Waals surface area contributed by atoms with Crippen molar-refractivity contribution in [3.05, 3.63) is 48.4 Å². The van der Waals surface area contributed by atoms with Gasteiger partial charge in [0.2, 0.25) is 0 Å². The van der Waals surface area contributed by atoms with Crippen molar-refractivity contribution in [2.75, 3.05) is 6.54 Å². The van der Waals surface area contributed by atoms with Gasteiger partial charge in [0.1, 0.15) is 0 Å². The van der Waals surface area contributed by atoms with Crippen molar-refractivity contribution < 1.29 is 0 Å². The molecule has 0 amide bonds. The van der Waals surface area contributed by atoms with Crippen molar-refractivity contribution in [2.24, 2.45) is 15.8 Å². The fourth-order valence-electron chi connectivity index (χ4n) is 1.24. The van der Waals surface area contributed by atoms with E-state index in [0.717, 1.165) is 0 Å². The van der Waals surface area contributed by atoms with Crippen molar-refractivity contribution in [3.63, 3.8) is 0 Å². The average molecular weight is 273 g/mol. The zero-order valence-corrected chi connectivity index (χ0v) is 12.1. The Hall–Kier alpha value is -2.43. The molecule has 5 nitrogen and oxygen atoms in total. The molecule has 0 rings (SSSR count). The third kappa shape index (κ3) is 7.81. The first-order valence-electron chi connectivity index (χ1n) is 6.35. The smallest absolute Gasteiger partial charge is 0.0731 e. The van der Waals surface area contributed by atoms with E-state index in [4.69, 9.17) is 11.1 Å². The number of hydrogen-bond donors (Lipinski definition) is 3. The van der Waals surface area contributed by atoms with Gasteiger partial charge < -0.3 is 16.6 Å². The highest BCUT2D eigenvalue weighted by Crippen LogP contribution is 2.02. The van der Waals surface area contributed by atoms with Gasteiger partial charge in [-0.05, 0) is 19.9 Å². The summed E-state index contributed by atoms with van der Waals surface area (Å²) in [5.74, 6) is 0. The van der Waals surface area contributed by atoms with Gasteiger partial charge in [0.05, 0.1) is 12.3 Å². The van der Waals surface area contributed by atoms with Gasteiger partial charge in [-0.25, -0.2) is 0 Å². The number of allylic oxidation sites excluding steroid dienone is 5. The molecule has 0 saturated heterocycles. The summed E-state index contributed by atoms with van der Waals surface area (Å²) in [6, 6.07) is 0. The molecular formula is C15H23N5. The lowest BCUT2D eigenvalue weighted by Gasteiger charge is -2.02. The third-order valence-corrected chi connectivity index (χ3v) is 2.15. The molecule has 0 unspecified atom stereocenters.